The summed E-state index contributed by atoms with van der Waals surface area (Å²) < 4.78 is 26.8. The maximum atomic E-state index is 13.4. The molecule has 1 aliphatic rings. The average molecular weight is 267 g/mol. The normalized spacial score (nSPS) is 19.1. The minimum Gasteiger partial charge on any atom is -0.319 e. The van der Waals surface area contributed by atoms with E-state index < -0.39 is 11.6 Å². The fourth-order valence-electron chi connectivity index (χ4n) is 3.28. The lowest BCUT2D eigenvalue weighted by molar-refractivity contribution is 0.365. The van der Waals surface area contributed by atoms with Crippen LogP contribution in [0.3, 0.4) is 0 Å². The summed E-state index contributed by atoms with van der Waals surface area (Å²) in [7, 11) is 1.90. The van der Waals surface area contributed by atoms with E-state index in [9.17, 15) is 8.78 Å². The van der Waals surface area contributed by atoms with Crippen molar-refractivity contribution in [2.75, 3.05) is 13.6 Å². The van der Waals surface area contributed by atoms with Crippen LogP contribution in [0.5, 0.6) is 0 Å². The molecule has 1 N–H and O–H groups in total. The van der Waals surface area contributed by atoms with E-state index >= 15 is 0 Å². The molecule has 0 bridgehead atoms. The zero-order valence-electron chi connectivity index (χ0n) is 11.6. The van der Waals surface area contributed by atoms with E-state index in [4.69, 9.17) is 0 Å². The molecule has 0 amide bonds. The first-order valence-corrected chi connectivity index (χ1v) is 7.31. The van der Waals surface area contributed by atoms with E-state index in [1.54, 1.807) is 0 Å². The third kappa shape index (κ3) is 4.00. The van der Waals surface area contributed by atoms with Crippen LogP contribution in [0.4, 0.5) is 8.78 Å². The Balaban J connectivity index is 2.22. The van der Waals surface area contributed by atoms with Gasteiger partial charge in [0.05, 0.1) is 0 Å². The van der Waals surface area contributed by atoms with Gasteiger partial charge in [-0.05, 0) is 49.4 Å². The minimum atomic E-state index is -0.468. The van der Waals surface area contributed by atoms with Gasteiger partial charge in [0.2, 0.25) is 0 Å². The van der Waals surface area contributed by atoms with Crippen LogP contribution in [0, 0.1) is 17.6 Å². The summed E-state index contributed by atoms with van der Waals surface area (Å²) in [5.41, 5.74) is 0.804. The summed E-state index contributed by atoms with van der Waals surface area (Å²) in [4.78, 5) is 0. The van der Waals surface area contributed by atoms with Crippen molar-refractivity contribution in [1.29, 1.82) is 0 Å². The summed E-state index contributed by atoms with van der Waals surface area (Å²) >= 11 is 0. The first-order valence-electron chi connectivity index (χ1n) is 7.31. The highest BCUT2D eigenvalue weighted by atomic mass is 19.1. The maximum absolute atomic E-state index is 13.4. The standard InChI is InChI=1S/C16H23F2N/c1-19-11-16(12-6-4-2-3-5-7-12)13-8-14(17)10-15(18)9-13/h8-10,12,16,19H,2-7,11H2,1H3. The van der Waals surface area contributed by atoms with Crippen molar-refractivity contribution in [2.24, 2.45) is 5.92 Å². The summed E-state index contributed by atoms with van der Waals surface area (Å²) in [6.45, 7) is 0.785. The Bertz CT molecular complexity index is 377. The number of halogens is 2. The van der Waals surface area contributed by atoms with Crippen LogP contribution >= 0.6 is 0 Å². The number of likely N-dealkylation sites (N-methyl/N-ethyl adjacent to an activating group) is 1. The third-order valence-electron chi connectivity index (χ3n) is 4.21. The second-order valence-corrected chi connectivity index (χ2v) is 5.62. The molecule has 0 aromatic heterocycles. The first-order chi connectivity index (χ1) is 9.20. The first kappa shape index (κ1) is 14.4. The zero-order chi connectivity index (χ0) is 13.7. The van der Waals surface area contributed by atoms with E-state index in [0.717, 1.165) is 18.2 Å². The van der Waals surface area contributed by atoms with E-state index in [-0.39, 0.29) is 5.92 Å². The highest BCUT2D eigenvalue weighted by molar-refractivity contribution is 5.23. The predicted octanol–water partition coefficient (Wildman–Crippen LogP) is 4.24. The Morgan fingerprint density at radius 2 is 1.63 bits per heavy atom. The van der Waals surface area contributed by atoms with Gasteiger partial charge in [0.15, 0.2) is 0 Å². The van der Waals surface area contributed by atoms with Gasteiger partial charge in [0.1, 0.15) is 11.6 Å². The highest BCUT2D eigenvalue weighted by Gasteiger charge is 2.24. The molecule has 106 valence electrons. The van der Waals surface area contributed by atoms with Gasteiger partial charge in [0.25, 0.3) is 0 Å². The monoisotopic (exact) mass is 267 g/mol. The van der Waals surface area contributed by atoms with Crippen molar-refractivity contribution >= 4 is 0 Å². The molecule has 1 aromatic carbocycles. The number of rotatable bonds is 4. The van der Waals surface area contributed by atoms with E-state index in [2.05, 4.69) is 5.32 Å². The van der Waals surface area contributed by atoms with Gasteiger partial charge in [-0.2, -0.15) is 0 Å². The largest absolute Gasteiger partial charge is 0.319 e. The molecule has 1 nitrogen and oxygen atoms in total. The maximum Gasteiger partial charge on any atom is 0.126 e. The molecule has 1 aromatic rings. The molecule has 1 unspecified atom stereocenters. The van der Waals surface area contributed by atoms with Gasteiger partial charge < -0.3 is 5.32 Å². The molecule has 0 aliphatic heterocycles. The number of nitrogens with one attached hydrogen (secondary N) is 1. The van der Waals surface area contributed by atoms with Gasteiger partial charge in [-0.25, -0.2) is 8.78 Å². The van der Waals surface area contributed by atoms with Crippen LogP contribution < -0.4 is 5.32 Å². The van der Waals surface area contributed by atoms with Crippen molar-refractivity contribution in [2.45, 2.75) is 44.4 Å². The second-order valence-electron chi connectivity index (χ2n) is 5.62. The number of hydrogen-bond acceptors (Lipinski definition) is 1. The fourth-order valence-corrected chi connectivity index (χ4v) is 3.28. The van der Waals surface area contributed by atoms with Crippen LogP contribution in [0.2, 0.25) is 0 Å². The van der Waals surface area contributed by atoms with Crippen molar-refractivity contribution in [3.05, 3.63) is 35.4 Å². The van der Waals surface area contributed by atoms with Gasteiger partial charge in [-0.1, -0.05) is 25.7 Å². The molecule has 19 heavy (non-hydrogen) atoms. The minimum absolute atomic E-state index is 0.216. The SMILES string of the molecule is CNCC(c1cc(F)cc(F)c1)C1CCCCCC1. The Kier molecular flexibility index (Phi) is 5.32. The van der Waals surface area contributed by atoms with Gasteiger partial charge >= 0.3 is 0 Å². The van der Waals surface area contributed by atoms with Crippen LogP contribution in [-0.2, 0) is 0 Å². The third-order valence-corrected chi connectivity index (χ3v) is 4.21. The molecule has 1 fully saturated rings. The van der Waals surface area contributed by atoms with Crippen molar-refractivity contribution < 1.29 is 8.78 Å². The predicted molar refractivity (Wildman–Crippen MR) is 74.2 cm³/mol. The quantitative estimate of drug-likeness (QED) is 0.805. The molecular weight excluding hydrogens is 244 g/mol. The molecule has 1 aliphatic carbocycles. The number of hydrogen-bond donors (Lipinski definition) is 1. The molecule has 0 radical (unpaired) electrons. The smallest absolute Gasteiger partial charge is 0.126 e. The van der Waals surface area contributed by atoms with Crippen LogP contribution in [0.15, 0.2) is 18.2 Å². The average Bonchev–Trinajstić information content (AvgIpc) is 2.63. The summed E-state index contributed by atoms with van der Waals surface area (Å²) in [5.74, 6) is -0.182. The molecule has 0 spiro atoms. The summed E-state index contributed by atoms with van der Waals surface area (Å²) in [5, 5.41) is 3.18. The lowest BCUT2D eigenvalue weighted by atomic mass is 9.81. The molecule has 0 saturated heterocycles. The zero-order valence-corrected chi connectivity index (χ0v) is 11.6. The number of benzene rings is 1. The van der Waals surface area contributed by atoms with E-state index in [0.29, 0.717) is 5.92 Å². The molecule has 3 heteroatoms. The van der Waals surface area contributed by atoms with Crippen molar-refractivity contribution in [1.82, 2.24) is 5.32 Å². The van der Waals surface area contributed by atoms with Gasteiger partial charge in [-0.3, -0.25) is 0 Å². The van der Waals surface area contributed by atoms with E-state index in [1.807, 2.05) is 7.05 Å². The second kappa shape index (κ2) is 6.99. The van der Waals surface area contributed by atoms with Crippen LogP contribution in [0.1, 0.15) is 50.0 Å². The van der Waals surface area contributed by atoms with Crippen molar-refractivity contribution in [3.63, 3.8) is 0 Å². The molecule has 1 atom stereocenters. The van der Waals surface area contributed by atoms with Crippen LogP contribution in [-0.4, -0.2) is 13.6 Å². The fraction of sp³-hybridized carbons (Fsp3) is 0.625. The summed E-state index contributed by atoms with van der Waals surface area (Å²) in [6.07, 6.45) is 7.40. The van der Waals surface area contributed by atoms with E-state index in [1.165, 1.54) is 50.7 Å². The Morgan fingerprint density at radius 3 is 2.16 bits per heavy atom. The van der Waals surface area contributed by atoms with Gasteiger partial charge in [0, 0.05) is 12.6 Å². The Hall–Kier alpha value is -0.960. The Morgan fingerprint density at radius 1 is 1.05 bits per heavy atom. The molecule has 0 heterocycles. The lowest BCUT2D eigenvalue weighted by Crippen LogP contribution is -2.24. The summed E-state index contributed by atoms with van der Waals surface area (Å²) in [6, 6.07) is 3.94. The Labute approximate surface area is 114 Å². The highest BCUT2D eigenvalue weighted by Crippen LogP contribution is 2.35. The van der Waals surface area contributed by atoms with Crippen molar-refractivity contribution in [3.8, 4) is 0 Å². The molecule has 2 rings (SSSR count). The lowest BCUT2D eigenvalue weighted by Gasteiger charge is -2.26. The topological polar surface area (TPSA) is 12.0 Å². The van der Waals surface area contributed by atoms with Gasteiger partial charge in [-0.15, -0.1) is 0 Å². The molecule has 1 saturated carbocycles. The molecular formula is C16H23F2N. The van der Waals surface area contributed by atoms with Crippen LogP contribution in [0.25, 0.3) is 0 Å².